The monoisotopic (exact) mass is 272 g/mol. The third kappa shape index (κ3) is 3.23. The summed E-state index contributed by atoms with van der Waals surface area (Å²) in [4.78, 5) is 14.8. The van der Waals surface area contributed by atoms with Crippen molar-refractivity contribution in [1.29, 1.82) is 0 Å². The van der Waals surface area contributed by atoms with Gasteiger partial charge in [-0.3, -0.25) is 15.1 Å². The van der Waals surface area contributed by atoms with Crippen molar-refractivity contribution in [2.24, 2.45) is 0 Å². The van der Waals surface area contributed by atoms with Crippen LogP contribution in [0.3, 0.4) is 0 Å². The van der Waals surface area contributed by atoms with Crippen LogP contribution in [0.5, 0.6) is 0 Å². The highest BCUT2D eigenvalue weighted by molar-refractivity contribution is 5.63. The van der Waals surface area contributed by atoms with Gasteiger partial charge in [-0.1, -0.05) is 6.07 Å². The van der Waals surface area contributed by atoms with Crippen LogP contribution >= 0.6 is 0 Å². The van der Waals surface area contributed by atoms with Gasteiger partial charge >= 0.3 is 0 Å². The van der Waals surface area contributed by atoms with Crippen molar-refractivity contribution in [2.45, 2.75) is 13.0 Å². The summed E-state index contributed by atoms with van der Waals surface area (Å²) in [5, 5.41) is 17.1. The van der Waals surface area contributed by atoms with Crippen molar-refractivity contribution < 1.29 is 4.92 Å². The highest BCUT2D eigenvalue weighted by Crippen LogP contribution is 2.26. The Labute approximate surface area is 117 Å². The molecule has 6 heteroatoms. The van der Waals surface area contributed by atoms with Gasteiger partial charge in [-0.2, -0.15) is 0 Å². The summed E-state index contributed by atoms with van der Waals surface area (Å²) in [6.45, 7) is 1.96. The van der Waals surface area contributed by atoms with Crippen molar-refractivity contribution >= 4 is 17.1 Å². The molecule has 0 amide bonds. The highest BCUT2D eigenvalue weighted by atomic mass is 16.6. The minimum absolute atomic E-state index is 0.0390. The van der Waals surface area contributed by atoms with Crippen LogP contribution in [-0.4, -0.2) is 17.0 Å². The Morgan fingerprint density at radius 1 is 1.25 bits per heavy atom. The van der Waals surface area contributed by atoms with Crippen LogP contribution in [0, 0.1) is 10.1 Å². The molecule has 0 aliphatic carbocycles. The number of nitrogens with one attached hydrogen (secondary N) is 2. The molecule has 0 aliphatic rings. The van der Waals surface area contributed by atoms with Crippen LogP contribution in [0.25, 0.3) is 0 Å². The van der Waals surface area contributed by atoms with Gasteiger partial charge in [-0.15, -0.1) is 0 Å². The predicted molar refractivity (Wildman–Crippen MR) is 78.9 cm³/mol. The van der Waals surface area contributed by atoms with Gasteiger partial charge in [0.25, 0.3) is 5.69 Å². The van der Waals surface area contributed by atoms with E-state index in [2.05, 4.69) is 15.6 Å². The topological polar surface area (TPSA) is 80.1 Å². The molecule has 6 nitrogen and oxygen atoms in total. The van der Waals surface area contributed by atoms with E-state index in [9.17, 15) is 10.1 Å². The lowest BCUT2D eigenvalue weighted by atomic mass is 10.2. The molecule has 0 aliphatic heterocycles. The maximum Gasteiger partial charge on any atom is 0.273 e. The molecule has 20 heavy (non-hydrogen) atoms. The van der Waals surface area contributed by atoms with Crippen molar-refractivity contribution in [2.75, 3.05) is 17.7 Å². The first kappa shape index (κ1) is 13.8. The van der Waals surface area contributed by atoms with Crippen molar-refractivity contribution in [3.8, 4) is 0 Å². The fourth-order valence-corrected chi connectivity index (χ4v) is 1.90. The number of nitrogens with zero attached hydrogens (tertiary/aromatic N) is 2. The fraction of sp³-hybridized carbons (Fsp3) is 0.214. The Morgan fingerprint density at radius 2 is 2.00 bits per heavy atom. The van der Waals surface area contributed by atoms with Crippen molar-refractivity contribution in [3.05, 3.63) is 58.4 Å². The molecule has 104 valence electrons. The molecule has 0 fully saturated rings. The number of hydrogen-bond acceptors (Lipinski definition) is 5. The van der Waals surface area contributed by atoms with E-state index < -0.39 is 4.92 Å². The largest absolute Gasteiger partial charge is 0.388 e. The first-order chi connectivity index (χ1) is 9.60. The number of hydrogen-bond donors (Lipinski definition) is 2. The number of benzene rings is 1. The molecular formula is C14H16N4O2. The second-order valence-corrected chi connectivity index (χ2v) is 4.40. The van der Waals surface area contributed by atoms with Crippen LogP contribution in [0.15, 0.2) is 42.6 Å². The standard InChI is InChI=1S/C14H16N4O2/c1-10(14-5-3-4-6-16-14)17-12-7-11(15-2)8-13(9-12)18(19)20/h3-10,15,17H,1-2H3. The SMILES string of the molecule is CNc1cc(NC(C)c2ccccn2)cc([N+](=O)[O-])c1. The maximum absolute atomic E-state index is 10.9. The highest BCUT2D eigenvalue weighted by Gasteiger charge is 2.12. The molecule has 2 aromatic rings. The predicted octanol–water partition coefficient (Wildman–Crippen LogP) is 3.20. The van der Waals surface area contributed by atoms with Crippen LogP contribution in [0.1, 0.15) is 18.7 Å². The summed E-state index contributed by atoms with van der Waals surface area (Å²) in [5.41, 5.74) is 2.30. The van der Waals surface area contributed by atoms with Crippen LogP contribution in [0.2, 0.25) is 0 Å². The van der Waals surface area contributed by atoms with E-state index in [4.69, 9.17) is 0 Å². The number of anilines is 2. The zero-order chi connectivity index (χ0) is 14.5. The molecule has 1 aromatic carbocycles. The fourth-order valence-electron chi connectivity index (χ4n) is 1.90. The van der Waals surface area contributed by atoms with Crippen LogP contribution in [0.4, 0.5) is 17.1 Å². The van der Waals surface area contributed by atoms with Gasteiger partial charge in [0.1, 0.15) is 0 Å². The number of nitro benzene ring substituents is 1. The molecule has 0 spiro atoms. The van der Waals surface area contributed by atoms with Gasteiger partial charge in [0.15, 0.2) is 0 Å². The van der Waals surface area contributed by atoms with Crippen LogP contribution in [-0.2, 0) is 0 Å². The molecular weight excluding hydrogens is 256 g/mol. The summed E-state index contributed by atoms with van der Waals surface area (Å²) in [6.07, 6.45) is 1.72. The second-order valence-electron chi connectivity index (χ2n) is 4.40. The van der Waals surface area contributed by atoms with Crippen molar-refractivity contribution in [1.82, 2.24) is 4.98 Å². The number of rotatable bonds is 5. The quantitative estimate of drug-likeness (QED) is 0.645. The van der Waals surface area contributed by atoms with Crippen molar-refractivity contribution in [3.63, 3.8) is 0 Å². The van der Waals surface area contributed by atoms with E-state index in [1.54, 1.807) is 13.2 Å². The number of non-ortho nitro benzene ring substituents is 1. The number of nitro groups is 1. The van der Waals surface area contributed by atoms with E-state index >= 15 is 0 Å². The average molecular weight is 272 g/mol. The van der Waals surface area contributed by atoms with Gasteiger partial charge < -0.3 is 10.6 Å². The minimum Gasteiger partial charge on any atom is -0.388 e. The molecule has 1 atom stereocenters. The molecule has 0 bridgehead atoms. The molecule has 2 rings (SSSR count). The van der Waals surface area contributed by atoms with Gasteiger partial charge in [0, 0.05) is 36.8 Å². The lowest BCUT2D eigenvalue weighted by Gasteiger charge is -2.15. The molecule has 2 N–H and O–H groups in total. The molecule has 0 radical (unpaired) electrons. The van der Waals surface area contributed by atoms with Gasteiger partial charge in [-0.25, -0.2) is 0 Å². The Morgan fingerprint density at radius 3 is 2.60 bits per heavy atom. The zero-order valence-electron chi connectivity index (χ0n) is 11.3. The van der Waals surface area contributed by atoms with E-state index in [0.29, 0.717) is 11.4 Å². The third-order valence-corrected chi connectivity index (χ3v) is 2.93. The Balaban J connectivity index is 2.24. The lowest BCUT2D eigenvalue weighted by Crippen LogP contribution is -2.08. The maximum atomic E-state index is 10.9. The molecule has 1 aromatic heterocycles. The molecule has 1 unspecified atom stereocenters. The third-order valence-electron chi connectivity index (χ3n) is 2.93. The smallest absolute Gasteiger partial charge is 0.273 e. The average Bonchev–Trinajstić information content (AvgIpc) is 2.47. The summed E-state index contributed by atoms with van der Waals surface area (Å²) in [5.74, 6) is 0. The van der Waals surface area contributed by atoms with Crippen LogP contribution < -0.4 is 10.6 Å². The van der Waals surface area contributed by atoms with Gasteiger partial charge in [0.2, 0.25) is 0 Å². The first-order valence-electron chi connectivity index (χ1n) is 6.25. The van der Waals surface area contributed by atoms with E-state index in [1.807, 2.05) is 31.2 Å². The molecule has 0 saturated carbocycles. The van der Waals surface area contributed by atoms with E-state index in [-0.39, 0.29) is 11.7 Å². The normalized spacial score (nSPS) is 11.7. The number of pyridine rings is 1. The summed E-state index contributed by atoms with van der Waals surface area (Å²) < 4.78 is 0. The summed E-state index contributed by atoms with van der Waals surface area (Å²) >= 11 is 0. The lowest BCUT2D eigenvalue weighted by molar-refractivity contribution is -0.384. The first-order valence-corrected chi connectivity index (χ1v) is 6.25. The second kappa shape index (κ2) is 6.01. The molecule has 1 heterocycles. The Kier molecular flexibility index (Phi) is 4.14. The zero-order valence-corrected chi connectivity index (χ0v) is 11.3. The minimum atomic E-state index is -0.405. The van der Waals surface area contributed by atoms with E-state index in [0.717, 1.165) is 5.69 Å². The van der Waals surface area contributed by atoms with E-state index in [1.165, 1.54) is 12.1 Å². The Hall–Kier alpha value is -2.63. The number of aromatic nitrogens is 1. The Bertz CT molecular complexity index is 601. The summed E-state index contributed by atoms with van der Waals surface area (Å²) in [6, 6.07) is 10.5. The van der Waals surface area contributed by atoms with Gasteiger partial charge in [0.05, 0.1) is 16.7 Å². The van der Waals surface area contributed by atoms with Gasteiger partial charge in [-0.05, 0) is 25.1 Å². The molecule has 0 saturated heterocycles. The summed E-state index contributed by atoms with van der Waals surface area (Å²) in [7, 11) is 1.73.